The Morgan fingerprint density at radius 3 is 2.70 bits per heavy atom. The van der Waals surface area contributed by atoms with Crippen LogP contribution >= 0.6 is 0 Å². The molecule has 0 fully saturated rings. The maximum absolute atomic E-state index is 13.0. The number of methoxy groups -OCH3 is 1. The second-order valence-corrected chi connectivity index (χ2v) is 7.70. The van der Waals surface area contributed by atoms with Crippen molar-refractivity contribution in [1.29, 1.82) is 0 Å². The van der Waals surface area contributed by atoms with Crippen molar-refractivity contribution in [1.82, 2.24) is 0 Å². The lowest BCUT2D eigenvalue weighted by molar-refractivity contribution is -0.136. The fourth-order valence-electron chi connectivity index (χ4n) is 3.92. The quantitative estimate of drug-likeness (QED) is 0.798. The van der Waals surface area contributed by atoms with Gasteiger partial charge in [-0.25, -0.2) is 4.79 Å². The minimum Gasteiger partial charge on any atom is -0.465 e. The number of ketones is 1. The van der Waals surface area contributed by atoms with E-state index in [9.17, 15) is 9.59 Å². The smallest absolute Gasteiger partial charge is 0.340 e. The first-order chi connectivity index (χ1) is 12.8. The van der Waals surface area contributed by atoms with E-state index in [1.165, 1.54) is 7.11 Å². The highest BCUT2D eigenvalue weighted by atomic mass is 16.7. The molecule has 0 radical (unpaired) electrons. The summed E-state index contributed by atoms with van der Waals surface area (Å²) in [4.78, 5) is 25.5. The average Bonchev–Trinajstić information content (AvgIpc) is 3.06. The van der Waals surface area contributed by atoms with Gasteiger partial charge in [0.25, 0.3) is 0 Å². The molecule has 1 aromatic rings. The van der Waals surface area contributed by atoms with Gasteiger partial charge in [0.15, 0.2) is 17.3 Å². The largest absolute Gasteiger partial charge is 0.465 e. The Hall–Kier alpha value is -2.96. The van der Waals surface area contributed by atoms with Crippen molar-refractivity contribution in [3.8, 4) is 11.5 Å². The van der Waals surface area contributed by atoms with Crippen LogP contribution in [0.5, 0.6) is 11.5 Å². The Balaban J connectivity index is 1.89. The van der Waals surface area contributed by atoms with Crippen molar-refractivity contribution < 1.29 is 28.5 Å². The van der Waals surface area contributed by atoms with Crippen LogP contribution in [-0.2, 0) is 19.1 Å². The highest BCUT2D eigenvalue weighted by Gasteiger charge is 2.45. The molecule has 2 aliphatic heterocycles. The van der Waals surface area contributed by atoms with Crippen LogP contribution in [0.4, 0.5) is 0 Å². The van der Waals surface area contributed by atoms with Crippen molar-refractivity contribution in [3.63, 3.8) is 0 Å². The maximum atomic E-state index is 13.0. The zero-order valence-corrected chi connectivity index (χ0v) is 15.5. The summed E-state index contributed by atoms with van der Waals surface area (Å²) in [6, 6.07) is 5.33. The Kier molecular flexibility index (Phi) is 3.91. The highest BCUT2D eigenvalue weighted by Crippen LogP contribution is 2.49. The number of carbonyl (C=O) groups excluding carboxylic acids is 2. The molecule has 7 nitrogen and oxygen atoms in total. The molecule has 0 saturated carbocycles. The van der Waals surface area contributed by atoms with Crippen molar-refractivity contribution >= 4 is 11.8 Å². The van der Waals surface area contributed by atoms with E-state index in [0.717, 1.165) is 0 Å². The van der Waals surface area contributed by atoms with E-state index in [-0.39, 0.29) is 29.4 Å². The van der Waals surface area contributed by atoms with Crippen LogP contribution in [0.2, 0.25) is 0 Å². The summed E-state index contributed by atoms with van der Waals surface area (Å²) in [5.41, 5.74) is 7.14. The molecule has 2 heterocycles. The summed E-state index contributed by atoms with van der Waals surface area (Å²) in [5, 5.41) is 0. The Morgan fingerprint density at radius 1 is 1.22 bits per heavy atom. The van der Waals surface area contributed by atoms with Gasteiger partial charge in [-0.3, -0.25) is 4.79 Å². The van der Waals surface area contributed by atoms with Crippen molar-refractivity contribution in [3.05, 3.63) is 46.6 Å². The molecule has 4 rings (SSSR count). The van der Waals surface area contributed by atoms with Gasteiger partial charge in [0.05, 0.1) is 13.0 Å². The van der Waals surface area contributed by atoms with E-state index in [0.29, 0.717) is 41.2 Å². The first kappa shape index (κ1) is 17.5. The number of hydrogen-bond acceptors (Lipinski definition) is 7. The minimum atomic E-state index is -0.667. The van der Waals surface area contributed by atoms with Gasteiger partial charge >= 0.3 is 5.97 Å². The van der Waals surface area contributed by atoms with Gasteiger partial charge in [-0.1, -0.05) is 19.9 Å². The number of fused-ring (bicyclic) bond motifs is 1. The molecular weight excluding hydrogens is 350 g/mol. The molecule has 3 aliphatic rings. The number of benzene rings is 1. The summed E-state index contributed by atoms with van der Waals surface area (Å²) in [5.74, 6) is 0.314. The average molecular weight is 371 g/mol. The zero-order chi connectivity index (χ0) is 19.3. The molecule has 0 aromatic heterocycles. The standard InChI is InChI=1S/C20H21NO6/c1-20(2)7-11(22)16-14(8-20)27-18(21)17(19(23)24-3)15(16)10-4-5-12-13(6-10)26-9-25-12/h4-6,15H,7-9,21H2,1-3H3/t15-/m1/s1. The topological polar surface area (TPSA) is 97.1 Å². The molecule has 0 spiro atoms. The first-order valence-corrected chi connectivity index (χ1v) is 8.72. The summed E-state index contributed by atoms with van der Waals surface area (Å²) in [7, 11) is 1.27. The molecule has 0 bridgehead atoms. The van der Waals surface area contributed by atoms with E-state index in [4.69, 9.17) is 24.7 Å². The lowest BCUT2D eigenvalue weighted by Crippen LogP contribution is -2.35. The van der Waals surface area contributed by atoms with E-state index in [1.54, 1.807) is 18.2 Å². The maximum Gasteiger partial charge on any atom is 0.340 e. The number of carbonyl (C=O) groups is 2. The molecule has 1 aromatic carbocycles. The van der Waals surface area contributed by atoms with Crippen LogP contribution in [0, 0.1) is 5.41 Å². The zero-order valence-electron chi connectivity index (χ0n) is 15.5. The van der Waals surface area contributed by atoms with Crippen molar-refractivity contribution in [2.75, 3.05) is 13.9 Å². The molecule has 1 aliphatic carbocycles. The summed E-state index contributed by atoms with van der Waals surface area (Å²) in [6.45, 7) is 4.14. The van der Waals surface area contributed by atoms with Gasteiger partial charge in [0.1, 0.15) is 11.3 Å². The van der Waals surface area contributed by atoms with E-state index in [1.807, 2.05) is 13.8 Å². The fraction of sp³-hybridized carbons (Fsp3) is 0.400. The van der Waals surface area contributed by atoms with E-state index >= 15 is 0 Å². The van der Waals surface area contributed by atoms with Gasteiger partial charge in [0.2, 0.25) is 12.7 Å². The minimum absolute atomic E-state index is 0.0335. The number of esters is 1. The lowest BCUT2D eigenvalue weighted by atomic mass is 9.70. The fourth-order valence-corrected chi connectivity index (χ4v) is 3.92. The molecule has 0 saturated heterocycles. The molecule has 27 heavy (non-hydrogen) atoms. The van der Waals surface area contributed by atoms with Crippen LogP contribution in [-0.4, -0.2) is 25.7 Å². The predicted molar refractivity (Wildman–Crippen MR) is 94.7 cm³/mol. The SMILES string of the molecule is COC(=O)C1=C(N)OC2=C(C(=O)CC(C)(C)C2)[C@H]1c1ccc2c(c1)OCO2. The van der Waals surface area contributed by atoms with Gasteiger partial charge in [-0.2, -0.15) is 0 Å². The van der Waals surface area contributed by atoms with Crippen LogP contribution in [0.25, 0.3) is 0 Å². The number of Topliss-reactive ketones (excluding diaryl/α,β-unsaturated/α-hetero) is 1. The second kappa shape index (κ2) is 6.04. The normalized spacial score (nSPS) is 23.1. The van der Waals surface area contributed by atoms with Crippen LogP contribution < -0.4 is 15.2 Å². The summed E-state index contributed by atoms with van der Waals surface area (Å²) in [6.07, 6.45) is 0.925. The second-order valence-electron chi connectivity index (χ2n) is 7.70. The molecule has 7 heteroatoms. The molecule has 1 atom stereocenters. The summed E-state index contributed by atoms with van der Waals surface area (Å²) >= 11 is 0. The molecule has 0 unspecified atom stereocenters. The monoisotopic (exact) mass is 371 g/mol. The number of rotatable bonds is 2. The van der Waals surface area contributed by atoms with Gasteiger partial charge in [0, 0.05) is 18.4 Å². The Labute approximate surface area is 156 Å². The third-order valence-corrected chi connectivity index (χ3v) is 5.09. The van der Waals surface area contributed by atoms with Crippen LogP contribution in [0.1, 0.15) is 38.2 Å². The van der Waals surface area contributed by atoms with E-state index in [2.05, 4.69) is 0 Å². The lowest BCUT2D eigenvalue weighted by Gasteiger charge is -2.37. The Morgan fingerprint density at radius 2 is 1.96 bits per heavy atom. The van der Waals surface area contributed by atoms with Gasteiger partial charge in [-0.15, -0.1) is 0 Å². The van der Waals surface area contributed by atoms with Gasteiger partial charge < -0.3 is 24.7 Å². The predicted octanol–water partition coefficient (Wildman–Crippen LogP) is 2.52. The van der Waals surface area contributed by atoms with Gasteiger partial charge in [-0.05, 0) is 23.1 Å². The number of nitrogens with two attached hydrogens (primary N) is 1. The van der Waals surface area contributed by atoms with Crippen LogP contribution in [0.3, 0.4) is 0 Å². The first-order valence-electron chi connectivity index (χ1n) is 8.72. The number of hydrogen-bond donors (Lipinski definition) is 1. The molecule has 0 amide bonds. The molecule has 2 N–H and O–H groups in total. The molecule has 142 valence electrons. The number of allylic oxidation sites excluding steroid dienone is 2. The third-order valence-electron chi connectivity index (χ3n) is 5.09. The van der Waals surface area contributed by atoms with Crippen molar-refractivity contribution in [2.45, 2.75) is 32.6 Å². The summed E-state index contributed by atoms with van der Waals surface area (Å²) < 4.78 is 21.5. The van der Waals surface area contributed by atoms with E-state index < -0.39 is 11.9 Å². The van der Waals surface area contributed by atoms with Crippen molar-refractivity contribution in [2.24, 2.45) is 11.1 Å². The third kappa shape index (κ3) is 2.83. The Bertz CT molecular complexity index is 911. The van der Waals surface area contributed by atoms with Crippen LogP contribution in [0.15, 0.2) is 41.0 Å². The number of ether oxygens (including phenoxy) is 4. The molecular formula is C20H21NO6. The highest BCUT2D eigenvalue weighted by molar-refractivity contribution is 6.03.